The van der Waals surface area contributed by atoms with Crippen LogP contribution in [-0.2, 0) is 48.1 Å². The quantitative estimate of drug-likeness (QED) is 0.194. The second kappa shape index (κ2) is 18.7. The van der Waals surface area contributed by atoms with Crippen LogP contribution in [0.1, 0.15) is 64.7 Å². The lowest BCUT2D eigenvalue weighted by Crippen LogP contribution is -2.60. The number of carbonyl (C=O) groups excluding carboxylic acids is 5. The Balaban J connectivity index is 2.03. The lowest BCUT2D eigenvalue weighted by Gasteiger charge is -2.34. The van der Waals surface area contributed by atoms with Crippen LogP contribution in [0.15, 0.2) is 91.0 Å². The molecule has 3 rings (SSSR count). The molecule has 0 radical (unpaired) electrons. The fourth-order valence-electron chi connectivity index (χ4n) is 4.99. The normalized spacial score (nSPS) is 13.7. The van der Waals surface area contributed by atoms with Crippen molar-refractivity contribution in [2.45, 2.75) is 97.2 Å². The average Bonchev–Trinajstić information content (AvgIpc) is 3.06. The number of nitrogens with zero attached hydrogens (tertiary/aromatic N) is 1. The molecule has 268 valence electrons. The molecule has 4 atom stereocenters. The van der Waals surface area contributed by atoms with E-state index in [1.807, 2.05) is 18.2 Å². The number of amides is 4. The number of aliphatic hydroxyl groups is 1. The van der Waals surface area contributed by atoms with Gasteiger partial charge in [-0.3, -0.25) is 19.3 Å². The Bertz CT molecular complexity index is 1560. The van der Waals surface area contributed by atoms with Gasteiger partial charge in [0.05, 0.1) is 12.5 Å². The van der Waals surface area contributed by atoms with Crippen molar-refractivity contribution in [3.63, 3.8) is 0 Å². The molecule has 11 nitrogen and oxygen atoms in total. The minimum Gasteiger partial charge on any atom is -0.459 e. The van der Waals surface area contributed by atoms with Gasteiger partial charge in [0.25, 0.3) is 5.91 Å². The van der Waals surface area contributed by atoms with Gasteiger partial charge in [0, 0.05) is 12.8 Å². The maximum absolute atomic E-state index is 14.6. The van der Waals surface area contributed by atoms with Gasteiger partial charge in [-0.1, -0.05) is 105 Å². The molecule has 0 bridgehead atoms. The molecule has 0 aliphatic rings. The zero-order valence-electron chi connectivity index (χ0n) is 29.6. The zero-order chi connectivity index (χ0) is 36.8. The number of hydrogen-bond acceptors (Lipinski definition) is 8. The molecule has 11 heteroatoms. The predicted octanol–water partition coefficient (Wildman–Crippen LogP) is 4.74. The van der Waals surface area contributed by atoms with Crippen LogP contribution < -0.4 is 10.6 Å². The molecule has 0 unspecified atom stereocenters. The number of rotatable bonds is 15. The van der Waals surface area contributed by atoms with E-state index in [1.165, 1.54) is 6.92 Å². The summed E-state index contributed by atoms with van der Waals surface area (Å²) in [7, 11) is 0. The molecule has 4 amide bonds. The summed E-state index contributed by atoms with van der Waals surface area (Å²) in [6.45, 7) is 9.92. The zero-order valence-corrected chi connectivity index (χ0v) is 29.6. The summed E-state index contributed by atoms with van der Waals surface area (Å²) in [5.74, 6) is -3.55. The molecule has 3 aromatic carbocycles. The number of esters is 1. The van der Waals surface area contributed by atoms with Gasteiger partial charge in [0.2, 0.25) is 11.8 Å². The standard InChI is InChI=1S/C39H49N3O8/c1-26(2)33(43)24-34(44)42(36(46)31(22-28-16-10-7-11-17-28)41-38(48)50-39(4,5)6)32(23-29-18-12-8-13-19-29)35(45)40-27(3)37(47)49-25-30-20-14-9-15-21-30/h7-21,26-27,31-33,43H,22-25H2,1-6H3,(H,40,45)(H,41,48)/t27-,31+,32-,33-/m0/s1. The molecule has 0 fully saturated rings. The van der Waals surface area contributed by atoms with Crippen LogP contribution in [0.25, 0.3) is 0 Å². The Morgan fingerprint density at radius 3 is 1.74 bits per heavy atom. The lowest BCUT2D eigenvalue weighted by atomic mass is 9.98. The highest BCUT2D eigenvalue weighted by Crippen LogP contribution is 2.19. The largest absolute Gasteiger partial charge is 0.459 e. The Morgan fingerprint density at radius 2 is 1.24 bits per heavy atom. The van der Waals surface area contributed by atoms with E-state index in [4.69, 9.17) is 9.47 Å². The summed E-state index contributed by atoms with van der Waals surface area (Å²) in [6, 6.07) is 22.8. The monoisotopic (exact) mass is 687 g/mol. The summed E-state index contributed by atoms with van der Waals surface area (Å²) in [4.78, 5) is 69.7. The fourth-order valence-corrected chi connectivity index (χ4v) is 4.99. The Labute approximate surface area is 294 Å². The third kappa shape index (κ3) is 12.8. The molecule has 0 aliphatic heterocycles. The highest BCUT2D eigenvalue weighted by Gasteiger charge is 2.40. The molecule has 0 heterocycles. The summed E-state index contributed by atoms with van der Waals surface area (Å²) in [5, 5.41) is 16.0. The van der Waals surface area contributed by atoms with E-state index < -0.39 is 66.0 Å². The molecule has 0 aromatic heterocycles. The molecule has 50 heavy (non-hydrogen) atoms. The van der Waals surface area contributed by atoms with Gasteiger partial charge in [-0.15, -0.1) is 0 Å². The van der Waals surface area contributed by atoms with Crippen LogP contribution in [0, 0.1) is 5.92 Å². The molecule has 0 spiro atoms. The van der Waals surface area contributed by atoms with Gasteiger partial charge >= 0.3 is 12.1 Å². The van der Waals surface area contributed by atoms with Gasteiger partial charge in [0.1, 0.15) is 30.3 Å². The van der Waals surface area contributed by atoms with Crippen molar-refractivity contribution in [3.8, 4) is 0 Å². The summed E-state index contributed by atoms with van der Waals surface area (Å²) < 4.78 is 10.9. The van der Waals surface area contributed by atoms with Crippen molar-refractivity contribution < 1.29 is 38.6 Å². The molecule has 3 N–H and O–H groups in total. The first kappa shape index (κ1) is 39.4. The Kier molecular flexibility index (Phi) is 14.7. The van der Waals surface area contributed by atoms with E-state index in [1.54, 1.807) is 107 Å². The van der Waals surface area contributed by atoms with Crippen molar-refractivity contribution in [2.75, 3.05) is 0 Å². The smallest absolute Gasteiger partial charge is 0.408 e. The van der Waals surface area contributed by atoms with E-state index in [-0.39, 0.29) is 25.4 Å². The molecule has 0 saturated heterocycles. The highest BCUT2D eigenvalue weighted by atomic mass is 16.6. The second-order valence-corrected chi connectivity index (χ2v) is 13.5. The van der Waals surface area contributed by atoms with Crippen LogP contribution in [0.2, 0.25) is 0 Å². The fraction of sp³-hybridized carbons (Fsp3) is 0.410. The van der Waals surface area contributed by atoms with E-state index in [2.05, 4.69) is 10.6 Å². The molecular formula is C39H49N3O8. The Morgan fingerprint density at radius 1 is 0.740 bits per heavy atom. The van der Waals surface area contributed by atoms with Crippen LogP contribution >= 0.6 is 0 Å². The first-order chi connectivity index (χ1) is 23.6. The van der Waals surface area contributed by atoms with Crippen LogP contribution in [0.5, 0.6) is 0 Å². The summed E-state index contributed by atoms with van der Waals surface area (Å²) in [5.41, 5.74) is 1.17. The van der Waals surface area contributed by atoms with E-state index in [0.717, 1.165) is 10.5 Å². The topological polar surface area (TPSA) is 151 Å². The average molecular weight is 688 g/mol. The number of alkyl carbamates (subject to hydrolysis) is 1. The van der Waals surface area contributed by atoms with Gasteiger partial charge in [-0.25, -0.2) is 9.59 Å². The van der Waals surface area contributed by atoms with Crippen molar-refractivity contribution in [3.05, 3.63) is 108 Å². The molecule has 0 aliphatic carbocycles. The van der Waals surface area contributed by atoms with Crippen molar-refractivity contribution in [2.24, 2.45) is 5.92 Å². The van der Waals surface area contributed by atoms with Crippen molar-refractivity contribution in [1.29, 1.82) is 0 Å². The summed E-state index contributed by atoms with van der Waals surface area (Å²) >= 11 is 0. The minimum atomic E-state index is -1.47. The van der Waals surface area contributed by atoms with Crippen LogP contribution in [0.4, 0.5) is 4.79 Å². The SMILES string of the molecule is CC(C)[C@@H](O)CC(=O)N(C(=O)[C@@H](Cc1ccccc1)NC(=O)OC(C)(C)C)[C@@H](Cc1ccccc1)C(=O)N[C@@H](C)C(=O)OCc1ccccc1. The predicted molar refractivity (Wildman–Crippen MR) is 188 cm³/mol. The van der Waals surface area contributed by atoms with Crippen LogP contribution in [-0.4, -0.2) is 69.6 Å². The lowest BCUT2D eigenvalue weighted by molar-refractivity contribution is -0.155. The van der Waals surface area contributed by atoms with E-state index in [0.29, 0.717) is 11.1 Å². The second-order valence-electron chi connectivity index (χ2n) is 13.5. The van der Waals surface area contributed by atoms with Crippen molar-refractivity contribution >= 4 is 29.8 Å². The van der Waals surface area contributed by atoms with Crippen LogP contribution in [0.3, 0.4) is 0 Å². The molecular weight excluding hydrogens is 638 g/mol. The van der Waals surface area contributed by atoms with Gasteiger partial charge in [-0.05, 0) is 50.3 Å². The number of nitrogens with one attached hydrogen (secondary N) is 2. The number of imide groups is 1. The first-order valence-corrected chi connectivity index (χ1v) is 16.8. The maximum atomic E-state index is 14.6. The maximum Gasteiger partial charge on any atom is 0.408 e. The number of benzene rings is 3. The molecule has 3 aromatic rings. The first-order valence-electron chi connectivity index (χ1n) is 16.8. The minimum absolute atomic E-state index is 0.0129. The Hall–Kier alpha value is -5.03. The van der Waals surface area contributed by atoms with Gasteiger partial charge in [0.15, 0.2) is 0 Å². The number of ether oxygens (including phenoxy) is 2. The third-order valence-electron chi connectivity index (χ3n) is 7.75. The van der Waals surface area contributed by atoms with Gasteiger partial charge in [-0.2, -0.15) is 0 Å². The number of aliphatic hydroxyl groups excluding tert-OH is 1. The van der Waals surface area contributed by atoms with Crippen molar-refractivity contribution in [1.82, 2.24) is 15.5 Å². The summed E-state index contributed by atoms with van der Waals surface area (Å²) in [6.07, 6.45) is -2.63. The molecule has 0 saturated carbocycles. The number of carbonyl (C=O) groups is 5. The highest BCUT2D eigenvalue weighted by molar-refractivity contribution is 6.04. The number of hydrogen-bond donors (Lipinski definition) is 3. The third-order valence-corrected chi connectivity index (χ3v) is 7.75. The van der Waals surface area contributed by atoms with Gasteiger partial charge < -0.3 is 25.2 Å². The van der Waals surface area contributed by atoms with E-state index in [9.17, 15) is 29.1 Å². The van der Waals surface area contributed by atoms with E-state index >= 15 is 0 Å².